The predicted molar refractivity (Wildman–Crippen MR) is 106 cm³/mol. The van der Waals surface area contributed by atoms with E-state index in [9.17, 15) is 9.59 Å². The molecule has 27 heavy (non-hydrogen) atoms. The highest BCUT2D eigenvalue weighted by Gasteiger charge is 2.06. The molecule has 0 spiro atoms. The topological polar surface area (TPSA) is 79.9 Å². The summed E-state index contributed by atoms with van der Waals surface area (Å²) in [6, 6.07) is 14.5. The number of rotatable bonds is 9. The number of benzene rings is 2. The zero-order valence-corrected chi connectivity index (χ0v) is 15.8. The molecule has 0 aromatic heterocycles. The van der Waals surface area contributed by atoms with Crippen LogP contribution in [-0.4, -0.2) is 45.7 Å². The molecule has 0 aliphatic carbocycles. The smallest absolute Gasteiger partial charge is 0.243 e. The Kier molecular flexibility index (Phi) is 7.63. The Hall–Kier alpha value is -3.06. The second kappa shape index (κ2) is 10.2. The van der Waals surface area contributed by atoms with Gasteiger partial charge in [0.1, 0.15) is 12.4 Å². The summed E-state index contributed by atoms with van der Waals surface area (Å²) in [5.41, 5.74) is 2.25. The van der Waals surface area contributed by atoms with E-state index in [4.69, 9.17) is 9.47 Å². The third-order valence-electron chi connectivity index (χ3n) is 3.85. The minimum Gasteiger partial charge on any atom is -0.491 e. The summed E-state index contributed by atoms with van der Waals surface area (Å²) in [7, 11) is 3.33. The van der Waals surface area contributed by atoms with Crippen LogP contribution in [0.25, 0.3) is 0 Å². The van der Waals surface area contributed by atoms with E-state index >= 15 is 0 Å². The summed E-state index contributed by atoms with van der Waals surface area (Å²) in [5.74, 6) is 0.459. The molecule has 144 valence electrons. The predicted octanol–water partition coefficient (Wildman–Crippen LogP) is 2.75. The number of nitrogens with one attached hydrogen (secondary N) is 2. The number of anilines is 3. The number of hydrogen-bond acceptors (Lipinski definition) is 5. The van der Waals surface area contributed by atoms with Gasteiger partial charge in [0.15, 0.2) is 0 Å². The molecule has 0 heterocycles. The maximum atomic E-state index is 12.1. The van der Waals surface area contributed by atoms with Crippen molar-refractivity contribution in [1.29, 1.82) is 0 Å². The van der Waals surface area contributed by atoms with Crippen LogP contribution in [0.5, 0.6) is 5.75 Å². The average molecular weight is 371 g/mol. The molecule has 2 N–H and O–H groups in total. The molecule has 0 radical (unpaired) electrons. The van der Waals surface area contributed by atoms with E-state index in [0.717, 1.165) is 11.4 Å². The number of carbonyl (C=O) groups is 2. The monoisotopic (exact) mass is 371 g/mol. The number of nitrogens with zero attached hydrogens (tertiary/aromatic N) is 1. The Morgan fingerprint density at radius 2 is 1.78 bits per heavy atom. The summed E-state index contributed by atoms with van der Waals surface area (Å²) in [4.78, 5) is 25.0. The van der Waals surface area contributed by atoms with Crippen molar-refractivity contribution in [3.8, 4) is 5.75 Å². The second-order valence-corrected chi connectivity index (χ2v) is 5.90. The van der Waals surface area contributed by atoms with Gasteiger partial charge in [-0.15, -0.1) is 0 Å². The van der Waals surface area contributed by atoms with Gasteiger partial charge in [0.05, 0.1) is 13.2 Å². The zero-order chi connectivity index (χ0) is 19.6. The van der Waals surface area contributed by atoms with Crippen LogP contribution in [0.2, 0.25) is 0 Å². The van der Waals surface area contributed by atoms with E-state index < -0.39 is 0 Å². The standard InChI is InChI=1S/C20H25N3O4/c1-15(24)23(2)18-9-7-16(8-10-18)21-14-20(25)22-17-5-4-6-19(13-17)27-12-11-26-3/h4-10,13,21H,11-12,14H2,1-3H3,(H,22,25). The normalized spacial score (nSPS) is 10.2. The average Bonchev–Trinajstić information content (AvgIpc) is 2.66. The van der Waals surface area contributed by atoms with E-state index in [-0.39, 0.29) is 18.4 Å². The molecule has 0 bridgehead atoms. The first-order chi connectivity index (χ1) is 13.0. The Labute approximate surface area is 159 Å². The van der Waals surface area contributed by atoms with Gasteiger partial charge in [-0.25, -0.2) is 0 Å². The Morgan fingerprint density at radius 3 is 2.44 bits per heavy atom. The van der Waals surface area contributed by atoms with E-state index in [0.29, 0.717) is 24.7 Å². The van der Waals surface area contributed by atoms with Crippen molar-refractivity contribution >= 4 is 28.9 Å². The van der Waals surface area contributed by atoms with Crippen LogP contribution in [0, 0.1) is 0 Å². The molecule has 0 saturated carbocycles. The summed E-state index contributed by atoms with van der Waals surface area (Å²) in [6.07, 6.45) is 0. The van der Waals surface area contributed by atoms with Gasteiger partial charge in [0.2, 0.25) is 11.8 Å². The highest BCUT2D eigenvalue weighted by molar-refractivity contribution is 5.94. The largest absolute Gasteiger partial charge is 0.491 e. The lowest BCUT2D eigenvalue weighted by Gasteiger charge is -2.15. The van der Waals surface area contributed by atoms with Gasteiger partial charge in [-0.2, -0.15) is 0 Å². The first-order valence-electron chi connectivity index (χ1n) is 8.59. The molecule has 0 aliphatic rings. The first kappa shape index (κ1) is 20.3. The maximum Gasteiger partial charge on any atom is 0.243 e. The van der Waals surface area contributed by atoms with Crippen LogP contribution in [0.1, 0.15) is 6.92 Å². The molecule has 2 rings (SSSR count). The van der Waals surface area contributed by atoms with Crippen molar-refractivity contribution in [1.82, 2.24) is 0 Å². The van der Waals surface area contributed by atoms with E-state index in [2.05, 4.69) is 10.6 Å². The van der Waals surface area contributed by atoms with Gasteiger partial charge < -0.3 is 25.0 Å². The van der Waals surface area contributed by atoms with Crippen LogP contribution < -0.4 is 20.3 Å². The lowest BCUT2D eigenvalue weighted by atomic mass is 10.2. The van der Waals surface area contributed by atoms with Gasteiger partial charge in [-0.1, -0.05) is 6.07 Å². The fourth-order valence-electron chi connectivity index (χ4n) is 2.28. The second-order valence-electron chi connectivity index (χ2n) is 5.90. The molecule has 2 amide bonds. The molecule has 0 fully saturated rings. The van der Waals surface area contributed by atoms with Crippen molar-refractivity contribution in [2.24, 2.45) is 0 Å². The molecule has 7 heteroatoms. The third-order valence-corrected chi connectivity index (χ3v) is 3.85. The van der Waals surface area contributed by atoms with E-state index in [1.54, 1.807) is 31.2 Å². The lowest BCUT2D eigenvalue weighted by molar-refractivity contribution is -0.116. The minimum atomic E-state index is -0.172. The van der Waals surface area contributed by atoms with Gasteiger partial charge in [-0.3, -0.25) is 9.59 Å². The van der Waals surface area contributed by atoms with Gasteiger partial charge >= 0.3 is 0 Å². The van der Waals surface area contributed by atoms with E-state index in [1.165, 1.54) is 6.92 Å². The Balaban J connectivity index is 1.84. The molecular weight excluding hydrogens is 346 g/mol. The fourth-order valence-corrected chi connectivity index (χ4v) is 2.28. The Bertz CT molecular complexity index is 762. The first-order valence-corrected chi connectivity index (χ1v) is 8.59. The summed E-state index contributed by atoms with van der Waals surface area (Å²) in [6.45, 7) is 2.58. The number of ether oxygens (including phenoxy) is 2. The van der Waals surface area contributed by atoms with Crippen molar-refractivity contribution in [3.05, 3.63) is 48.5 Å². The van der Waals surface area contributed by atoms with E-state index in [1.807, 2.05) is 36.4 Å². The summed E-state index contributed by atoms with van der Waals surface area (Å²) < 4.78 is 10.5. The minimum absolute atomic E-state index is 0.0384. The van der Waals surface area contributed by atoms with Crippen LogP contribution >= 0.6 is 0 Å². The maximum absolute atomic E-state index is 12.1. The van der Waals surface area contributed by atoms with Crippen LogP contribution in [0.4, 0.5) is 17.1 Å². The molecule has 0 atom stereocenters. The highest BCUT2D eigenvalue weighted by Crippen LogP contribution is 2.18. The number of amides is 2. The van der Waals surface area contributed by atoms with Crippen molar-refractivity contribution in [2.75, 3.05) is 49.4 Å². The quantitative estimate of drug-likeness (QED) is 0.663. The van der Waals surface area contributed by atoms with Crippen LogP contribution in [0.3, 0.4) is 0 Å². The molecule has 0 unspecified atom stereocenters. The van der Waals surface area contributed by atoms with Crippen LogP contribution in [0.15, 0.2) is 48.5 Å². The molecule has 7 nitrogen and oxygen atoms in total. The molecular formula is C20H25N3O4. The molecule has 2 aromatic rings. The highest BCUT2D eigenvalue weighted by atomic mass is 16.5. The Morgan fingerprint density at radius 1 is 1.04 bits per heavy atom. The van der Waals surface area contributed by atoms with Gasteiger partial charge in [0.25, 0.3) is 0 Å². The molecule has 0 saturated heterocycles. The van der Waals surface area contributed by atoms with Crippen molar-refractivity contribution in [2.45, 2.75) is 6.92 Å². The van der Waals surface area contributed by atoms with Crippen LogP contribution in [-0.2, 0) is 14.3 Å². The van der Waals surface area contributed by atoms with Gasteiger partial charge in [-0.05, 0) is 36.4 Å². The summed E-state index contributed by atoms with van der Waals surface area (Å²) in [5, 5.41) is 5.88. The summed E-state index contributed by atoms with van der Waals surface area (Å²) >= 11 is 0. The number of methoxy groups -OCH3 is 1. The van der Waals surface area contributed by atoms with Gasteiger partial charge in [0, 0.05) is 44.2 Å². The van der Waals surface area contributed by atoms with Crippen molar-refractivity contribution < 1.29 is 19.1 Å². The third kappa shape index (κ3) is 6.63. The SMILES string of the molecule is COCCOc1cccc(NC(=O)CNc2ccc(N(C)C(C)=O)cc2)c1. The lowest BCUT2D eigenvalue weighted by Crippen LogP contribution is -2.23. The molecule has 2 aromatic carbocycles. The molecule has 0 aliphatic heterocycles. The fraction of sp³-hybridized carbons (Fsp3) is 0.300. The number of hydrogen-bond donors (Lipinski definition) is 2. The number of carbonyl (C=O) groups excluding carboxylic acids is 2. The zero-order valence-electron chi connectivity index (χ0n) is 15.8. The van der Waals surface area contributed by atoms with Crippen molar-refractivity contribution in [3.63, 3.8) is 0 Å².